The van der Waals surface area contributed by atoms with Crippen molar-refractivity contribution >= 4 is 28.9 Å². The SMILES string of the molecule is CC(C)c1cnn2ccc(-c3ccnc(Nc4ccc(N5CCNCC5=O)nc4)n3)cc12. The molecular formula is C23H24N8O. The van der Waals surface area contributed by atoms with Crippen molar-refractivity contribution < 1.29 is 4.79 Å². The van der Waals surface area contributed by atoms with E-state index in [0.717, 1.165) is 29.0 Å². The highest BCUT2D eigenvalue weighted by Gasteiger charge is 2.20. The van der Waals surface area contributed by atoms with Gasteiger partial charge in [-0.1, -0.05) is 13.8 Å². The summed E-state index contributed by atoms with van der Waals surface area (Å²) in [6, 6.07) is 9.70. The Morgan fingerprint density at radius 2 is 2.03 bits per heavy atom. The number of rotatable bonds is 5. The molecular weight excluding hydrogens is 404 g/mol. The summed E-state index contributed by atoms with van der Waals surface area (Å²) in [4.78, 5) is 27.2. The fraction of sp³-hybridized carbons (Fsp3) is 0.261. The van der Waals surface area contributed by atoms with Gasteiger partial charge in [0, 0.05) is 36.6 Å². The Morgan fingerprint density at radius 1 is 1.12 bits per heavy atom. The summed E-state index contributed by atoms with van der Waals surface area (Å²) in [6.07, 6.45) is 7.29. The first-order valence-corrected chi connectivity index (χ1v) is 10.6. The molecule has 2 N–H and O–H groups in total. The van der Waals surface area contributed by atoms with Crippen LogP contribution in [-0.2, 0) is 4.79 Å². The minimum absolute atomic E-state index is 0.0243. The summed E-state index contributed by atoms with van der Waals surface area (Å²) >= 11 is 0. The first-order chi connectivity index (χ1) is 15.6. The van der Waals surface area contributed by atoms with Crippen molar-refractivity contribution in [2.45, 2.75) is 19.8 Å². The van der Waals surface area contributed by atoms with Crippen molar-refractivity contribution in [1.29, 1.82) is 0 Å². The Balaban J connectivity index is 1.37. The lowest BCUT2D eigenvalue weighted by Crippen LogP contribution is -2.48. The van der Waals surface area contributed by atoms with E-state index in [0.29, 0.717) is 30.8 Å². The molecule has 5 rings (SSSR count). The molecule has 1 saturated heterocycles. The number of pyridine rings is 2. The van der Waals surface area contributed by atoms with Crippen LogP contribution >= 0.6 is 0 Å². The van der Waals surface area contributed by atoms with Crippen molar-refractivity contribution in [3.05, 3.63) is 60.7 Å². The minimum Gasteiger partial charge on any atom is -0.323 e. The number of aromatic nitrogens is 5. The number of nitrogens with one attached hydrogen (secondary N) is 2. The molecule has 9 heteroatoms. The van der Waals surface area contributed by atoms with E-state index in [1.54, 1.807) is 17.3 Å². The molecule has 4 aromatic rings. The number of amides is 1. The van der Waals surface area contributed by atoms with Crippen LogP contribution in [0.5, 0.6) is 0 Å². The molecule has 0 unspecified atom stereocenters. The van der Waals surface area contributed by atoms with Crippen molar-refractivity contribution in [2.24, 2.45) is 0 Å². The first-order valence-electron chi connectivity index (χ1n) is 10.6. The van der Waals surface area contributed by atoms with Crippen molar-refractivity contribution in [2.75, 3.05) is 29.9 Å². The van der Waals surface area contributed by atoms with E-state index < -0.39 is 0 Å². The van der Waals surface area contributed by atoms with Crippen LogP contribution in [0.3, 0.4) is 0 Å². The molecule has 1 amide bonds. The molecule has 32 heavy (non-hydrogen) atoms. The van der Waals surface area contributed by atoms with Crippen molar-refractivity contribution in [1.82, 2.24) is 29.9 Å². The van der Waals surface area contributed by atoms with Crippen LogP contribution in [0.1, 0.15) is 25.3 Å². The molecule has 0 radical (unpaired) electrons. The number of carbonyl (C=O) groups excluding carboxylic acids is 1. The molecule has 0 aliphatic carbocycles. The zero-order valence-electron chi connectivity index (χ0n) is 18.0. The number of hydrogen-bond acceptors (Lipinski definition) is 7. The lowest BCUT2D eigenvalue weighted by atomic mass is 10.0. The third-order valence-electron chi connectivity index (χ3n) is 5.49. The lowest BCUT2D eigenvalue weighted by Gasteiger charge is -2.26. The van der Waals surface area contributed by atoms with Crippen molar-refractivity contribution in [3.63, 3.8) is 0 Å². The molecule has 1 aliphatic heterocycles. The quantitative estimate of drug-likeness (QED) is 0.504. The average molecular weight is 429 g/mol. The van der Waals surface area contributed by atoms with Gasteiger partial charge in [0.1, 0.15) is 5.82 Å². The molecule has 4 aromatic heterocycles. The molecule has 5 heterocycles. The molecule has 9 nitrogen and oxygen atoms in total. The van der Waals surface area contributed by atoms with Crippen LogP contribution in [0.4, 0.5) is 17.5 Å². The smallest absolute Gasteiger partial charge is 0.242 e. The first kappa shape index (κ1) is 20.1. The van der Waals surface area contributed by atoms with Gasteiger partial charge in [-0.15, -0.1) is 0 Å². The molecule has 0 bridgehead atoms. The van der Waals surface area contributed by atoms with Gasteiger partial charge in [0.05, 0.1) is 35.8 Å². The van der Waals surface area contributed by atoms with Gasteiger partial charge in [0.25, 0.3) is 0 Å². The van der Waals surface area contributed by atoms with Gasteiger partial charge in [-0.3, -0.25) is 9.69 Å². The highest BCUT2D eigenvalue weighted by atomic mass is 16.2. The predicted octanol–water partition coefficient (Wildman–Crippen LogP) is 2.99. The molecule has 0 saturated carbocycles. The highest BCUT2D eigenvalue weighted by Crippen LogP contribution is 2.26. The number of nitrogens with zero attached hydrogens (tertiary/aromatic N) is 6. The van der Waals surface area contributed by atoms with Crippen molar-refractivity contribution in [3.8, 4) is 11.3 Å². The zero-order valence-corrected chi connectivity index (χ0v) is 18.0. The van der Waals surface area contributed by atoms with E-state index in [2.05, 4.69) is 50.6 Å². The van der Waals surface area contributed by atoms with Gasteiger partial charge in [-0.05, 0) is 36.2 Å². The summed E-state index contributed by atoms with van der Waals surface area (Å²) in [7, 11) is 0. The fourth-order valence-electron chi connectivity index (χ4n) is 3.78. The number of hydrogen-bond donors (Lipinski definition) is 2. The Hall–Kier alpha value is -3.85. The summed E-state index contributed by atoms with van der Waals surface area (Å²) in [6.45, 7) is 6.04. The lowest BCUT2D eigenvalue weighted by molar-refractivity contribution is -0.118. The Kier molecular flexibility index (Phi) is 5.24. The van der Waals surface area contributed by atoms with Gasteiger partial charge in [-0.25, -0.2) is 19.5 Å². The third-order valence-corrected chi connectivity index (χ3v) is 5.49. The predicted molar refractivity (Wildman–Crippen MR) is 123 cm³/mol. The monoisotopic (exact) mass is 428 g/mol. The number of anilines is 3. The van der Waals surface area contributed by atoms with E-state index in [-0.39, 0.29) is 5.91 Å². The van der Waals surface area contributed by atoms with Crippen LogP contribution in [0, 0.1) is 0 Å². The van der Waals surface area contributed by atoms with E-state index in [9.17, 15) is 4.79 Å². The second-order valence-corrected chi connectivity index (χ2v) is 8.02. The number of piperazine rings is 1. The standard InChI is InChI=1S/C23H24N8O/c1-15(2)18-13-27-31-9-6-16(11-20(18)31)19-5-7-25-23(29-19)28-17-3-4-21(26-12-17)30-10-8-24-14-22(30)32/h3-7,9,11-13,15,24H,8,10,14H2,1-2H3,(H,25,28,29). The number of carbonyl (C=O) groups is 1. The largest absolute Gasteiger partial charge is 0.323 e. The van der Waals surface area contributed by atoms with Crippen LogP contribution in [-0.4, -0.2) is 50.1 Å². The van der Waals surface area contributed by atoms with Gasteiger partial charge in [-0.2, -0.15) is 5.10 Å². The zero-order chi connectivity index (χ0) is 22.1. The van der Waals surface area contributed by atoms with Crippen LogP contribution in [0.15, 0.2) is 55.1 Å². The molecule has 1 fully saturated rings. The Labute approximate surface area is 185 Å². The maximum absolute atomic E-state index is 12.0. The van der Waals surface area contributed by atoms with Gasteiger partial charge < -0.3 is 10.6 Å². The molecule has 1 aliphatic rings. The Bertz CT molecular complexity index is 1260. The number of fused-ring (bicyclic) bond motifs is 1. The van der Waals surface area contributed by atoms with Crippen LogP contribution in [0.2, 0.25) is 0 Å². The van der Waals surface area contributed by atoms with Crippen LogP contribution < -0.4 is 15.5 Å². The summed E-state index contributed by atoms with van der Waals surface area (Å²) in [5.74, 6) is 1.54. The molecule has 0 spiro atoms. The van der Waals surface area contributed by atoms with E-state index in [1.807, 2.05) is 41.2 Å². The molecule has 0 aromatic carbocycles. The maximum Gasteiger partial charge on any atom is 0.242 e. The summed E-state index contributed by atoms with van der Waals surface area (Å²) < 4.78 is 1.88. The average Bonchev–Trinajstić information content (AvgIpc) is 3.24. The van der Waals surface area contributed by atoms with Gasteiger partial charge in [0.2, 0.25) is 11.9 Å². The molecule has 0 atom stereocenters. The van der Waals surface area contributed by atoms with Gasteiger partial charge >= 0.3 is 0 Å². The topological polar surface area (TPSA) is 100 Å². The van der Waals surface area contributed by atoms with E-state index in [4.69, 9.17) is 0 Å². The van der Waals surface area contributed by atoms with Gasteiger partial charge in [0.15, 0.2) is 0 Å². The Morgan fingerprint density at radius 3 is 2.81 bits per heavy atom. The maximum atomic E-state index is 12.0. The van der Waals surface area contributed by atoms with E-state index >= 15 is 0 Å². The summed E-state index contributed by atoms with van der Waals surface area (Å²) in [5, 5.41) is 10.7. The molecule has 162 valence electrons. The summed E-state index contributed by atoms with van der Waals surface area (Å²) in [5.41, 5.74) is 4.84. The minimum atomic E-state index is 0.0243. The fourth-order valence-corrected chi connectivity index (χ4v) is 3.78. The normalized spacial score (nSPS) is 14.3. The van der Waals surface area contributed by atoms with E-state index in [1.165, 1.54) is 5.56 Å². The highest BCUT2D eigenvalue weighted by molar-refractivity contribution is 5.94. The van der Waals surface area contributed by atoms with Crippen LogP contribution in [0.25, 0.3) is 16.8 Å². The second-order valence-electron chi connectivity index (χ2n) is 8.02. The third kappa shape index (κ3) is 3.90. The second kappa shape index (κ2) is 8.35.